The van der Waals surface area contributed by atoms with Gasteiger partial charge in [0.1, 0.15) is 19.3 Å². The van der Waals surface area contributed by atoms with Gasteiger partial charge in [-0.3, -0.25) is 14.2 Å². The van der Waals surface area contributed by atoms with Gasteiger partial charge in [0.15, 0.2) is 0 Å². The van der Waals surface area contributed by atoms with Crippen LogP contribution >= 0.6 is 7.82 Å². The molecule has 0 saturated heterocycles. The molecule has 0 radical (unpaired) electrons. The number of ether oxygens (including phenoxy) is 1. The number of carbonyl (C=O) groups excluding carboxylic acids is 2. The van der Waals surface area contributed by atoms with Crippen LogP contribution < -0.4 is 10.2 Å². The van der Waals surface area contributed by atoms with Crippen molar-refractivity contribution in [2.45, 2.75) is 270 Å². The molecular formula is C74H125N2O7P. The van der Waals surface area contributed by atoms with Gasteiger partial charge in [-0.2, -0.15) is 0 Å². The second-order valence-electron chi connectivity index (χ2n) is 23.2. The Hall–Kier alpha value is -4.11. The lowest BCUT2D eigenvalue weighted by atomic mass is 10.0. The van der Waals surface area contributed by atoms with Crippen molar-refractivity contribution in [3.05, 3.63) is 146 Å². The van der Waals surface area contributed by atoms with E-state index in [-0.39, 0.29) is 31.3 Å². The number of nitrogens with one attached hydrogen (secondary N) is 1. The predicted octanol–water partition coefficient (Wildman–Crippen LogP) is 20.8. The lowest BCUT2D eigenvalue weighted by Crippen LogP contribution is -2.47. The van der Waals surface area contributed by atoms with Gasteiger partial charge in [-0.25, -0.2) is 0 Å². The molecule has 0 spiro atoms. The van der Waals surface area contributed by atoms with E-state index in [1.807, 2.05) is 33.3 Å². The second-order valence-corrected chi connectivity index (χ2v) is 24.6. The SMILES string of the molecule is CC/C=C\C/C=C\C/C=C\C/C=C\C/C=C\C/C=C\CCCCCCCCC(=O)NC(COP(=O)([O-])OCC[N+](C)(C)C)C(/C=C\CCCCCCCCCCCC)OC(=O)CCCCCCC/C=C\C/C=C\C/C=C\C/C=C\C/C=C\CC. The Bertz CT molecular complexity index is 1950. The Balaban J connectivity index is 5.24. The first-order chi connectivity index (χ1) is 40.9. The molecule has 1 amide bonds. The number of rotatable bonds is 59. The standard InChI is InChI=1S/C74H125N2O7P/c1-7-10-13-16-19-22-25-28-30-32-34-36-37-38-39-41-42-44-46-48-51-54-57-60-63-66-73(77)75-71(70-82-84(79,80)81-69-68-76(4,5)6)72(65-62-59-56-53-50-27-24-21-18-15-12-9-3)83-74(78)67-64-61-58-55-52-49-47-45-43-40-35-33-31-29-26-23-20-17-14-11-8-2/h10-11,13-14,19-20,22-23,28-31,34-36,38-40,42,44-45,47,62,65,71-72H,7-9,12,15-18,21,24-27,32-33,37,41,43,46,48-61,63-64,66-70H2,1-6H3,(H-,75,77,79,80)/b13-10-,14-11-,22-19-,23-20-,30-28-,31-29-,36-34-,39-38-,40-35-,44-42-,47-45-,65-62-. The first-order valence-electron chi connectivity index (χ1n) is 33.6. The number of phosphoric acid groups is 1. The van der Waals surface area contributed by atoms with Crippen molar-refractivity contribution in [3.63, 3.8) is 0 Å². The molecule has 0 aromatic heterocycles. The Morgan fingerprint density at radius 2 is 0.762 bits per heavy atom. The molecule has 0 aliphatic rings. The quantitative estimate of drug-likeness (QED) is 0.0212. The van der Waals surface area contributed by atoms with Crippen LogP contribution in [0.15, 0.2) is 146 Å². The minimum atomic E-state index is -4.72. The molecule has 84 heavy (non-hydrogen) atoms. The number of amides is 1. The average molecular weight is 1190 g/mol. The molecule has 0 heterocycles. The first-order valence-corrected chi connectivity index (χ1v) is 35.1. The molecular weight excluding hydrogens is 1060 g/mol. The number of unbranched alkanes of at least 4 members (excludes halogenated alkanes) is 21. The summed E-state index contributed by atoms with van der Waals surface area (Å²) in [5.74, 6) is -0.589. The molecule has 0 aliphatic heterocycles. The number of phosphoric ester groups is 1. The van der Waals surface area contributed by atoms with Crippen LogP contribution in [0.2, 0.25) is 0 Å². The maximum atomic E-state index is 13.6. The van der Waals surface area contributed by atoms with Gasteiger partial charge in [0, 0.05) is 12.8 Å². The summed E-state index contributed by atoms with van der Waals surface area (Å²) in [4.78, 5) is 40.1. The zero-order chi connectivity index (χ0) is 61.4. The van der Waals surface area contributed by atoms with Gasteiger partial charge in [-0.15, -0.1) is 0 Å². The Labute approximate surface area is 517 Å². The second kappa shape index (κ2) is 62.0. The van der Waals surface area contributed by atoms with E-state index >= 15 is 0 Å². The third kappa shape index (κ3) is 62.4. The number of likely N-dealkylation sites (N-methyl/N-ethyl adjacent to an activating group) is 1. The van der Waals surface area contributed by atoms with E-state index in [1.165, 1.54) is 51.4 Å². The van der Waals surface area contributed by atoms with Crippen LogP contribution in [0.3, 0.4) is 0 Å². The van der Waals surface area contributed by atoms with Gasteiger partial charge in [0.05, 0.1) is 33.8 Å². The number of hydrogen-bond donors (Lipinski definition) is 1. The lowest BCUT2D eigenvalue weighted by Gasteiger charge is -2.30. The highest BCUT2D eigenvalue weighted by molar-refractivity contribution is 7.45. The van der Waals surface area contributed by atoms with Crippen molar-refractivity contribution in [1.82, 2.24) is 5.32 Å². The van der Waals surface area contributed by atoms with Gasteiger partial charge >= 0.3 is 5.97 Å². The van der Waals surface area contributed by atoms with E-state index in [1.54, 1.807) is 0 Å². The predicted molar refractivity (Wildman–Crippen MR) is 362 cm³/mol. The summed E-state index contributed by atoms with van der Waals surface area (Å²) in [7, 11) is 1.14. The number of hydrogen-bond acceptors (Lipinski definition) is 7. The molecule has 0 aliphatic carbocycles. The summed E-state index contributed by atoms with van der Waals surface area (Å²) in [5.41, 5.74) is 0. The van der Waals surface area contributed by atoms with E-state index < -0.39 is 26.6 Å². The molecule has 10 heteroatoms. The highest BCUT2D eigenvalue weighted by Gasteiger charge is 2.27. The summed E-state index contributed by atoms with van der Waals surface area (Å²) >= 11 is 0. The molecule has 3 unspecified atom stereocenters. The van der Waals surface area contributed by atoms with Crippen LogP contribution in [0.5, 0.6) is 0 Å². The van der Waals surface area contributed by atoms with Gasteiger partial charge in [-0.1, -0.05) is 263 Å². The molecule has 0 aromatic rings. The van der Waals surface area contributed by atoms with Crippen LogP contribution in [0.4, 0.5) is 0 Å². The molecule has 0 bridgehead atoms. The molecule has 478 valence electrons. The molecule has 0 fully saturated rings. The van der Waals surface area contributed by atoms with Crippen molar-refractivity contribution in [3.8, 4) is 0 Å². The van der Waals surface area contributed by atoms with Gasteiger partial charge < -0.3 is 28.5 Å². The van der Waals surface area contributed by atoms with Crippen molar-refractivity contribution >= 4 is 19.7 Å². The van der Waals surface area contributed by atoms with Crippen molar-refractivity contribution in [2.75, 3.05) is 40.9 Å². The fraction of sp³-hybridized carbons (Fsp3) is 0.649. The minimum Gasteiger partial charge on any atom is -0.756 e. The lowest BCUT2D eigenvalue weighted by molar-refractivity contribution is -0.870. The summed E-state index contributed by atoms with van der Waals surface area (Å²) in [6.45, 7) is 6.58. The van der Waals surface area contributed by atoms with E-state index in [4.69, 9.17) is 13.8 Å². The van der Waals surface area contributed by atoms with E-state index in [0.717, 1.165) is 161 Å². The molecule has 1 N–H and O–H groups in total. The fourth-order valence-corrected chi connectivity index (χ4v) is 9.63. The van der Waals surface area contributed by atoms with Crippen LogP contribution in [-0.2, 0) is 27.9 Å². The van der Waals surface area contributed by atoms with E-state index in [9.17, 15) is 19.0 Å². The molecule has 0 rings (SSSR count). The summed E-state index contributed by atoms with van der Waals surface area (Å²) < 4.78 is 30.4. The van der Waals surface area contributed by atoms with Crippen molar-refractivity contribution < 1.29 is 37.3 Å². The maximum absolute atomic E-state index is 13.6. The topological polar surface area (TPSA) is 114 Å². The number of nitrogens with zero attached hydrogens (tertiary/aromatic N) is 1. The molecule has 0 aromatic carbocycles. The summed E-state index contributed by atoms with van der Waals surface area (Å²) in [5, 5.41) is 3.02. The average Bonchev–Trinajstić information content (AvgIpc) is 3.64. The largest absolute Gasteiger partial charge is 0.756 e. The van der Waals surface area contributed by atoms with Gasteiger partial charge in [0.2, 0.25) is 5.91 Å². The highest BCUT2D eigenvalue weighted by Crippen LogP contribution is 2.38. The third-order valence-corrected chi connectivity index (χ3v) is 15.0. The summed E-state index contributed by atoms with van der Waals surface area (Å²) in [6.07, 6.45) is 89.6. The molecule has 3 atom stereocenters. The highest BCUT2D eigenvalue weighted by atomic mass is 31.2. The van der Waals surface area contributed by atoms with Crippen molar-refractivity contribution in [2.24, 2.45) is 0 Å². The maximum Gasteiger partial charge on any atom is 0.306 e. The smallest absolute Gasteiger partial charge is 0.306 e. The van der Waals surface area contributed by atoms with Crippen LogP contribution in [0, 0.1) is 0 Å². The Morgan fingerprint density at radius 1 is 0.429 bits per heavy atom. The first kappa shape index (κ1) is 79.9. The van der Waals surface area contributed by atoms with Crippen LogP contribution in [-0.4, -0.2) is 69.4 Å². The normalized spacial score (nSPS) is 14.5. The Morgan fingerprint density at radius 3 is 1.14 bits per heavy atom. The molecule has 0 saturated carbocycles. The monoisotopic (exact) mass is 1180 g/mol. The van der Waals surface area contributed by atoms with Crippen molar-refractivity contribution in [1.29, 1.82) is 0 Å². The number of allylic oxidation sites excluding steroid dienone is 23. The molecule has 9 nitrogen and oxygen atoms in total. The zero-order valence-electron chi connectivity index (χ0n) is 54.5. The van der Waals surface area contributed by atoms with Gasteiger partial charge in [0.25, 0.3) is 7.82 Å². The van der Waals surface area contributed by atoms with E-state index in [0.29, 0.717) is 23.9 Å². The van der Waals surface area contributed by atoms with Crippen LogP contribution in [0.1, 0.15) is 258 Å². The Kier molecular flexibility index (Phi) is 58.9. The fourth-order valence-electron chi connectivity index (χ4n) is 8.90. The summed E-state index contributed by atoms with van der Waals surface area (Å²) in [6, 6.07) is -0.917. The number of quaternary nitrogens is 1. The van der Waals surface area contributed by atoms with E-state index in [2.05, 4.69) is 160 Å². The third-order valence-electron chi connectivity index (χ3n) is 14.0. The van der Waals surface area contributed by atoms with Gasteiger partial charge in [-0.05, 0) is 128 Å². The number of esters is 1. The number of carbonyl (C=O) groups is 2. The minimum absolute atomic E-state index is 0.0373. The van der Waals surface area contributed by atoms with Crippen LogP contribution in [0.25, 0.3) is 0 Å². The zero-order valence-corrected chi connectivity index (χ0v) is 55.4.